The average molecular weight is 295 g/mol. The minimum atomic E-state index is -0.136. The molecule has 104 valence electrons. The first-order chi connectivity index (χ1) is 10.1. The van der Waals surface area contributed by atoms with Crippen molar-refractivity contribution in [2.45, 2.75) is 6.42 Å². The van der Waals surface area contributed by atoms with Gasteiger partial charge in [-0.1, -0.05) is 14.4 Å². The molecule has 1 fully saturated rings. The van der Waals surface area contributed by atoms with Crippen LogP contribution in [0.25, 0.3) is 0 Å². The number of amides is 1. The minimum absolute atomic E-state index is 0.0596. The molecule has 1 atom stereocenters. The molecule has 1 saturated heterocycles. The zero-order valence-electron chi connectivity index (χ0n) is 12.2. The van der Waals surface area contributed by atoms with Crippen molar-refractivity contribution < 1.29 is 9.28 Å². The molecule has 1 amide bonds. The lowest BCUT2D eigenvalue weighted by Gasteiger charge is -2.41. The zero-order valence-corrected chi connectivity index (χ0v) is 13.2. The Balaban J connectivity index is 2.36. The van der Waals surface area contributed by atoms with Gasteiger partial charge < -0.3 is 9.38 Å². The Morgan fingerprint density at radius 1 is 1.24 bits per heavy atom. The number of rotatable bonds is 3. The highest BCUT2D eigenvalue weighted by molar-refractivity contribution is 7.80. The first-order valence-electron chi connectivity index (χ1n) is 6.64. The summed E-state index contributed by atoms with van der Waals surface area (Å²) in [6, 6.07) is 0. The van der Waals surface area contributed by atoms with Gasteiger partial charge >= 0.3 is 0 Å². The topological polar surface area (TPSA) is 20.3 Å². The van der Waals surface area contributed by atoms with Crippen LogP contribution in [0.5, 0.6) is 0 Å². The van der Waals surface area contributed by atoms with E-state index in [-0.39, 0.29) is 14.1 Å². The molecule has 0 aromatic carbocycles. The van der Waals surface area contributed by atoms with Gasteiger partial charge in [0.2, 0.25) is 5.65 Å². The molecule has 5 heteroatoms. The summed E-state index contributed by atoms with van der Waals surface area (Å²) >= 11 is 0. The van der Waals surface area contributed by atoms with E-state index in [0.29, 0.717) is 0 Å². The van der Waals surface area contributed by atoms with E-state index in [2.05, 4.69) is 48.5 Å². The van der Waals surface area contributed by atoms with E-state index in [0.717, 1.165) is 43.6 Å². The summed E-state index contributed by atoms with van der Waals surface area (Å²) in [5.74, 6) is 18.1. The van der Waals surface area contributed by atoms with Crippen LogP contribution in [0.15, 0.2) is 0 Å². The summed E-state index contributed by atoms with van der Waals surface area (Å²) in [5, 5.41) is 0. The number of piperazine rings is 1. The van der Waals surface area contributed by atoms with E-state index in [9.17, 15) is 4.79 Å². The van der Waals surface area contributed by atoms with Crippen molar-refractivity contribution in [1.82, 2.24) is 4.90 Å². The monoisotopic (exact) mass is 295 g/mol. The highest BCUT2D eigenvalue weighted by Crippen LogP contribution is 2.16. The molecule has 0 N–H and O–H groups in total. The van der Waals surface area contributed by atoms with E-state index in [1.165, 1.54) is 0 Å². The number of hydrogen-bond donors (Lipinski definition) is 0. The standard InChI is InChI=1S/C16H17BN2OP/c1-3-4-5-6-7-8-9-10-13-19(2)14-11-18(12-15-19)16(20)21-17/h1,21H,10-15H2,2H3/q+1. The first-order valence-corrected chi connectivity index (χ1v) is 7.71. The van der Waals surface area contributed by atoms with Gasteiger partial charge in [-0.2, -0.15) is 0 Å². The van der Waals surface area contributed by atoms with Crippen LogP contribution < -0.4 is 0 Å². The molecule has 1 rings (SSSR count). The second-order valence-corrected chi connectivity index (χ2v) is 5.64. The molecule has 1 heterocycles. The van der Waals surface area contributed by atoms with Crippen LogP contribution in [0, 0.1) is 47.9 Å². The van der Waals surface area contributed by atoms with Gasteiger partial charge in [0.15, 0.2) is 0 Å². The summed E-state index contributed by atoms with van der Waals surface area (Å²) in [6.45, 7) is 4.38. The third-order valence-electron chi connectivity index (χ3n) is 3.42. The lowest BCUT2D eigenvalue weighted by molar-refractivity contribution is -0.912. The van der Waals surface area contributed by atoms with Gasteiger partial charge in [0.1, 0.15) is 7.57 Å². The fourth-order valence-electron chi connectivity index (χ4n) is 2.03. The third-order valence-corrected chi connectivity index (χ3v) is 3.98. The molecule has 3 nitrogen and oxygen atoms in total. The number of nitrogens with zero attached hydrogens (tertiary/aromatic N) is 2. The van der Waals surface area contributed by atoms with E-state index in [4.69, 9.17) is 14.0 Å². The van der Waals surface area contributed by atoms with Crippen LogP contribution in [-0.4, -0.2) is 62.4 Å². The summed E-state index contributed by atoms with van der Waals surface area (Å²) in [5.41, 5.74) is 0.0596. The van der Waals surface area contributed by atoms with Crippen molar-refractivity contribution in [2.75, 3.05) is 39.8 Å². The van der Waals surface area contributed by atoms with E-state index < -0.39 is 0 Å². The van der Waals surface area contributed by atoms with E-state index in [1.807, 2.05) is 4.90 Å². The number of quaternary nitrogens is 1. The lowest BCUT2D eigenvalue weighted by atomic mass is 10.2. The molecule has 2 radical (unpaired) electrons. The van der Waals surface area contributed by atoms with Crippen molar-refractivity contribution >= 4 is 21.7 Å². The molecule has 0 saturated carbocycles. The van der Waals surface area contributed by atoms with Crippen LogP contribution in [0.1, 0.15) is 6.42 Å². The summed E-state index contributed by atoms with van der Waals surface area (Å²) in [4.78, 5) is 13.4. The quantitative estimate of drug-likeness (QED) is 0.324. The zero-order chi connectivity index (χ0) is 15.6. The first kappa shape index (κ1) is 17.2. The molecule has 0 spiro atoms. The third kappa shape index (κ3) is 6.43. The molecule has 0 aromatic heterocycles. The largest absolute Gasteiger partial charge is 0.329 e. The summed E-state index contributed by atoms with van der Waals surface area (Å²) < 4.78 is 0.927. The Hall–Kier alpha value is -1.84. The van der Waals surface area contributed by atoms with E-state index in [1.54, 1.807) is 0 Å². The number of carbonyl (C=O) groups excluding carboxylic acids is 1. The molecule has 0 aromatic rings. The van der Waals surface area contributed by atoms with Gasteiger partial charge in [0, 0.05) is 0 Å². The Kier molecular flexibility index (Phi) is 7.51. The molecule has 1 aliphatic heterocycles. The van der Waals surface area contributed by atoms with Crippen LogP contribution in [0.3, 0.4) is 0 Å². The van der Waals surface area contributed by atoms with Gasteiger partial charge in [-0.15, -0.1) is 6.42 Å². The molecule has 0 bridgehead atoms. The van der Waals surface area contributed by atoms with Crippen LogP contribution >= 0.6 is 8.46 Å². The Bertz CT molecular complexity index is 596. The van der Waals surface area contributed by atoms with Gasteiger partial charge in [0.05, 0.1) is 46.2 Å². The Morgan fingerprint density at radius 3 is 2.48 bits per heavy atom. The SMILES string of the molecule is [B]PC(=O)N1CC[N+](C)(CCC#CC#CC#CC#C)CC1. The molecule has 0 aliphatic carbocycles. The maximum absolute atomic E-state index is 11.5. The predicted octanol–water partition coefficient (Wildman–Crippen LogP) is 0.664. The number of likely N-dealkylation sites (N-methyl/N-ethyl adjacent to an activating group) is 1. The van der Waals surface area contributed by atoms with Crippen LogP contribution in [0.2, 0.25) is 0 Å². The second-order valence-electron chi connectivity index (χ2n) is 4.92. The van der Waals surface area contributed by atoms with Crippen molar-refractivity contribution in [1.29, 1.82) is 0 Å². The van der Waals surface area contributed by atoms with Gasteiger partial charge in [-0.3, -0.25) is 4.79 Å². The average Bonchev–Trinajstić information content (AvgIpc) is 2.50. The molecular weight excluding hydrogens is 278 g/mol. The maximum atomic E-state index is 11.5. The van der Waals surface area contributed by atoms with Gasteiger partial charge in [-0.05, 0) is 35.5 Å². The lowest BCUT2D eigenvalue weighted by Crippen LogP contribution is -2.58. The van der Waals surface area contributed by atoms with Crippen molar-refractivity contribution in [2.24, 2.45) is 0 Å². The highest BCUT2D eigenvalue weighted by atomic mass is 31.1. The molecule has 1 unspecified atom stereocenters. The molecule has 1 aliphatic rings. The van der Waals surface area contributed by atoms with Crippen LogP contribution in [0.4, 0.5) is 4.79 Å². The number of hydrogen-bond acceptors (Lipinski definition) is 1. The normalized spacial score (nSPS) is 15.7. The number of carbonyl (C=O) groups is 1. The molecular formula is C16H17BN2OP+. The van der Waals surface area contributed by atoms with E-state index >= 15 is 0 Å². The van der Waals surface area contributed by atoms with Gasteiger partial charge in [0.25, 0.3) is 0 Å². The van der Waals surface area contributed by atoms with Crippen molar-refractivity contribution in [3.05, 3.63) is 0 Å². The van der Waals surface area contributed by atoms with Gasteiger partial charge in [-0.25, -0.2) is 0 Å². The smallest absolute Gasteiger partial charge is 0.230 e. The van der Waals surface area contributed by atoms with Crippen LogP contribution in [-0.2, 0) is 0 Å². The maximum Gasteiger partial charge on any atom is 0.230 e. The Labute approximate surface area is 130 Å². The summed E-state index contributed by atoms with van der Waals surface area (Å²) in [6.07, 6.45) is 5.74. The Morgan fingerprint density at radius 2 is 1.86 bits per heavy atom. The number of terminal acetylenes is 1. The van der Waals surface area contributed by atoms with Crippen molar-refractivity contribution in [3.8, 4) is 47.9 Å². The highest BCUT2D eigenvalue weighted by Gasteiger charge is 2.29. The molecule has 21 heavy (non-hydrogen) atoms. The summed E-state index contributed by atoms with van der Waals surface area (Å²) in [7, 11) is 7.46. The predicted molar refractivity (Wildman–Crippen MR) is 88.6 cm³/mol. The van der Waals surface area contributed by atoms with Crippen molar-refractivity contribution in [3.63, 3.8) is 0 Å². The minimum Gasteiger partial charge on any atom is -0.329 e. The second kappa shape index (κ2) is 9.17. The fourth-order valence-corrected chi connectivity index (χ4v) is 2.43. The fraction of sp³-hybridized carbons (Fsp3) is 0.438.